The molecular weight excluding hydrogens is 510 g/mol. The summed E-state index contributed by atoms with van der Waals surface area (Å²) in [5.41, 5.74) is 2.30. The molecule has 0 spiro atoms. The smallest absolute Gasteiger partial charge is 0.271 e. The Hall–Kier alpha value is -4.10. The molecule has 210 valence electrons. The van der Waals surface area contributed by atoms with Crippen molar-refractivity contribution >= 4 is 28.6 Å². The molecule has 2 fully saturated rings. The van der Waals surface area contributed by atoms with Crippen LogP contribution in [0.5, 0.6) is 5.75 Å². The number of carbonyl (C=O) groups excluding carboxylic acids is 3. The van der Waals surface area contributed by atoms with E-state index in [1.54, 1.807) is 24.1 Å². The first kappa shape index (κ1) is 27.5. The van der Waals surface area contributed by atoms with Gasteiger partial charge >= 0.3 is 0 Å². The standard InChI is InChI=1S/C30H35N5O5/c1-40-27-11-5-10-22-21(27)15-24(33-22)30(39)35-17-20(18-7-3-2-4-8-18)14-25(35)29(38)34-23(26(36)16-31)13-19-9-6-12-32-28(19)37/h2-3,5,7,10-11,15,19-20,23,25-26,33,36H,4,6,8-9,12-14,17H2,1H3,(H,32,37)(H,34,38). The second kappa shape index (κ2) is 12.0. The average molecular weight is 546 g/mol. The molecule has 2 aliphatic heterocycles. The Morgan fingerprint density at radius 1 is 1.35 bits per heavy atom. The first-order chi connectivity index (χ1) is 19.4. The van der Waals surface area contributed by atoms with Gasteiger partial charge in [0.2, 0.25) is 11.8 Å². The quantitative estimate of drug-likeness (QED) is 0.375. The van der Waals surface area contributed by atoms with Crippen LogP contribution in [0.3, 0.4) is 0 Å². The van der Waals surface area contributed by atoms with Gasteiger partial charge in [-0.3, -0.25) is 14.4 Å². The van der Waals surface area contributed by atoms with Crippen LogP contribution in [0, 0.1) is 23.2 Å². The molecule has 10 heteroatoms. The van der Waals surface area contributed by atoms with E-state index < -0.39 is 30.0 Å². The number of nitrogens with zero attached hydrogens (tertiary/aromatic N) is 2. The van der Waals surface area contributed by atoms with Crippen molar-refractivity contribution in [2.45, 2.75) is 56.7 Å². The monoisotopic (exact) mass is 545 g/mol. The lowest BCUT2D eigenvalue weighted by Gasteiger charge is -2.30. The number of aromatic nitrogens is 1. The van der Waals surface area contributed by atoms with Crippen molar-refractivity contribution in [2.75, 3.05) is 20.2 Å². The molecule has 1 aromatic heterocycles. The van der Waals surface area contributed by atoms with Crippen LogP contribution in [0.25, 0.3) is 10.9 Å². The number of piperidine rings is 1. The van der Waals surface area contributed by atoms with Crippen molar-refractivity contribution in [1.82, 2.24) is 20.5 Å². The average Bonchev–Trinajstić information content (AvgIpc) is 3.63. The van der Waals surface area contributed by atoms with E-state index in [0.29, 0.717) is 37.4 Å². The Balaban J connectivity index is 1.40. The fourth-order valence-corrected chi connectivity index (χ4v) is 6.12. The van der Waals surface area contributed by atoms with Gasteiger partial charge in [0.1, 0.15) is 17.5 Å². The van der Waals surface area contributed by atoms with Gasteiger partial charge in [-0.2, -0.15) is 5.26 Å². The van der Waals surface area contributed by atoms with Crippen LogP contribution in [0.1, 0.15) is 49.0 Å². The number of benzene rings is 1. The molecule has 4 N–H and O–H groups in total. The van der Waals surface area contributed by atoms with Crippen LogP contribution in [-0.2, 0) is 9.59 Å². The summed E-state index contributed by atoms with van der Waals surface area (Å²) in [4.78, 5) is 44.7. The molecule has 40 heavy (non-hydrogen) atoms. The van der Waals surface area contributed by atoms with Crippen molar-refractivity contribution in [3.05, 3.63) is 53.8 Å². The molecule has 3 amide bonds. The number of rotatable bonds is 8. The molecule has 2 saturated heterocycles. The number of nitriles is 1. The summed E-state index contributed by atoms with van der Waals surface area (Å²) in [5, 5.41) is 26.3. The second-order valence-corrected chi connectivity index (χ2v) is 10.8. The van der Waals surface area contributed by atoms with E-state index >= 15 is 0 Å². The van der Waals surface area contributed by atoms with Crippen LogP contribution >= 0.6 is 0 Å². The van der Waals surface area contributed by atoms with E-state index in [0.717, 1.165) is 30.2 Å². The van der Waals surface area contributed by atoms with Gasteiger partial charge in [0.25, 0.3) is 5.91 Å². The zero-order valence-corrected chi connectivity index (χ0v) is 22.6. The van der Waals surface area contributed by atoms with Gasteiger partial charge in [-0.1, -0.05) is 29.9 Å². The van der Waals surface area contributed by atoms with Crippen LogP contribution in [0.15, 0.2) is 48.1 Å². The molecule has 2 aromatic rings. The number of allylic oxidation sites excluding steroid dienone is 3. The van der Waals surface area contributed by atoms with Gasteiger partial charge in [-0.15, -0.1) is 0 Å². The zero-order valence-electron chi connectivity index (χ0n) is 22.6. The zero-order chi connectivity index (χ0) is 28.2. The molecule has 3 aliphatic rings. The van der Waals surface area contributed by atoms with Gasteiger partial charge in [0, 0.05) is 35.8 Å². The Morgan fingerprint density at radius 3 is 2.92 bits per heavy atom. The van der Waals surface area contributed by atoms with Crippen molar-refractivity contribution in [3.63, 3.8) is 0 Å². The Kier molecular flexibility index (Phi) is 8.21. The molecule has 5 rings (SSSR count). The lowest BCUT2D eigenvalue weighted by molar-refractivity contribution is -0.129. The fourth-order valence-electron chi connectivity index (χ4n) is 6.12. The highest BCUT2D eigenvalue weighted by Gasteiger charge is 2.43. The minimum Gasteiger partial charge on any atom is -0.496 e. The summed E-state index contributed by atoms with van der Waals surface area (Å²) < 4.78 is 5.45. The number of hydrogen-bond acceptors (Lipinski definition) is 6. The highest BCUT2D eigenvalue weighted by Crippen LogP contribution is 2.35. The number of aliphatic hydroxyl groups excluding tert-OH is 1. The second-order valence-electron chi connectivity index (χ2n) is 10.8. The van der Waals surface area contributed by atoms with Crippen LogP contribution in [-0.4, -0.2) is 71.1 Å². The van der Waals surface area contributed by atoms with Gasteiger partial charge in [-0.05, 0) is 56.7 Å². The molecule has 0 bridgehead atoms. The highest BCUT2D eigenvalue weighted by molar-refractivity contribution is 6.01. The van der Waals surface area contributed by atoms with Gasteiger partial charge in [-0.25, -0.2) is 0 Å². The number of aromatic amines is 1. The number of carbonyl (C=O) groups is 3. The van der Waals surface area contributed by atoms with Gasteiger partial charge in [0.15, 0.2) is 6.10 Å². The first-order valence-corrected chi connectivity index (χ1v) is 13.9. The maximum absolute atomic E-state index is 13.9. The number of hydrogen-bond donors (Lipinski definition) is 4. The molecule has 3 heterocycles. The molecule has 0 radical (unpaired) electrons. The van der Waals surface area contributed by atoms with Crippen molar-refractivity contribution in [2.24, 2.45) is 11.8 Å². The molecule has 10 nitrogen and oxygen atoms in total. The van der Waals surface area contributed by atoms with E-state index in [9.17, 15) is 24.8 Å². The minimum atomic E-state index is -1.48. The summed E-state index contributed by atoms with van der Waals surface area (Å²) >= 11 is 0. The van der Waals surface area contributed by atoms with Crippen molar-refractivity contribution in [3.8, 4) is 11.8 Å². The number of ether oxygens (including phenoxy) is 1. The largest absolute Gasteiger partial charge is 0.496 e. The predicted octanol–water partition coefficient (Wildman–Crippen LogP) is 2.57. The SMILES string of the molecule is COc1cccc2[nH]c(C(=O)N3CC(C4=CC=CCC4)CC3C(=O)NC(CC3CCCNC3=O)C(O)C#N)cc12. The Labute approximate surface area is 233 Å². The van der Waals surface area contributed by atoms with E-state index in [4.69, 9.17) is 4.74 Å². The molecular formula is C30H35N5O5. The lowest BCUT2D eigenvalue weighted by Crippen LogP contribution is -2.53. The number of methoxy groups -OCH3 is 1. The van der Waals surface area contributed by atoms with Crippen LogP contribution in [0.4, 0.5) is 0 Å². The lowest BCUT2D eigenvalue weighted by atomic mass is 9.89. The summed E-state index contributed by atoms with van der Waals surface area (Å²) in [5.74, 6) is -0.645. The third kappa shape index (κ3) is 5.61. The van der Waals surface area contributed by atoms with Gasteiger partial charge in [0.05, 0.1) is 19.2 Å². The summed E-state index contributed by atoms with van der Waals surface area (Å²) in [6.45, 7) is 0.970. The topological polar surface area (TPSA) is 148 Å². The van der Waals surface area contributed by atoms with E-state index in [-0.39, 0.29) is 24.2 Å². The number of amides is 3. The maximum Gasteiger partial charge on any atom is 0.271 e. The molecule has 1 aromatic carbocycles. The van der Waals surface area contributed by atoms with Crippen LogP contribution in [0.2, 0.25) is 0 Å². The molecule has 5 atom stereocenters. The fraction of sp³-hybridized carbons (Fsp3) is 0.467. The molecule has 1 aliphatic carbocycles. The Morgan fingerprint density at radius 2 is 2.20 bits per heavy atom. The first-order valence-electron chi connectivity index (χ1n) is 13.9. The maximum atomic E-state index is 13.9. The van der Waals surface area contributed by atoms with E-state index in [1.807, 2.05) is 24.3 Å². The highest BCUT2D eigenvalue weighted by atomic mass is 16.5. The third-order valence-electron chi connectivity index (χ3n) is 8.29. The summed E-state index contributed by atoms with van der Waals surface area (Å²) in [7, 11) is 1.57. The van der Waals surface area contributed by atoms with Crippen molar-refractivity contribution < 1.29 is 24.2 Å². The molecule has 0 saturated carbocycles. The normalized spacial score (nSPS) is 24.1. The number of H-pyrrole nitrogens is 1. The van der Waals surface area contributed by atoms with E-state index in [2.05, 4.69) is 27.8 Å². The molecule has 5 unspecified atom stereocenters. The minimum absolute atomic E-state index is 0.00651. The number of aliphatic hydroxyl groups is 1. The predicted molar refractivity (Wildman–Crippen MR) is 148 cm³/mol. The van der Waals surface area contributed by atoms with Crippen LogP contribution < -0.4 is 15.4 Å². The third-order valence-corrected chi connectivity index (χ3v) is 8.29. The van der Waals surface area contributed by atoms with Gasteiger partial charge < -0.3 is 30.4 Å². The summed E-state index contributed by atoms with van der Waals surface area (Å²) in [6, 6.07) is 7.34. The number of nitrogens with one attached hydrogen (secondary N) is 3. The number of fused-ring (bicyclic) bond motifs is 1. The number of likely N-dealkylation sites (tertiary alicyclic amines) is 1. The Bertz CT molecular complexity index is 1390. The van der Waals surface area contributed by atoms with E-state index in [1.165, 1.54) is 5.57 Å². The van der Waals surface area contributed by atoms with Crippen molar-refractivity contribution in [1.29, 1.82) is 5.26 Å². The summed E-state index contributed by atoms with van der Waals surface area (Å²) in [6.07, 6.45) is 8.47.